The number of rotatable bonds is 3. The second-order valence-corrected chi connectivity index (χ2v) is 4.36. The maximum atomic E-state index is 11.5. The molecule has 0 aliphatic heterocycles. The molecule has 0 aliphatic carbocycles. The van der Waals surface area contributed by atoms with Crippen molar-refractivity contribution in [3.63, 3.8) is 0 Å². The lowest BCUT2D eigenvalue weighted by atomic mass is 10.2. The number of amides is 1. The van der Waals surface area contributed by atoms with Gasteiger partial charge in [0.2, 0.25) is 5.91 Å². The maximum Gasteiger partial charge on any atom is 0.241 e. The van der Waals surface area contributed by atoms with E-state index < -0.39 is 6.04 Å². The molecule has 0 aromatic carbocycles. The van der Waals surface area contributed by atoms with Gasteiger partial charge in [-0.25, -0.2) is 0 Å². The van der Waals surface area contributed by atoms with Crippen LogP contribution in [0.15, 0.2) is 0 Å². The molecule has 5 nitrogen and oxygen atoms in total. The first-order valence-corrected chi connectivity index (χ1v) is 5.46. The third-order valence-corrected chi connectivity index (χ3v) is 2.48. The summed E-state index contributed by atoms with van der Waals surface area (Å²) in [6.07, 6.45) is 0. The molecular formula is C11H20N4O. The van der Waals surface area contributed by atoms with E-state index in [1.54, 1.807) is 6.92 Å². The molecule has 1 atom stereocenters. The first-order valence-electron chi connectivity index (χ1n) is 5.46. The summed E-state index contributed by atoms with van der Waals surface area (Å²) in [5, 5.41) is 7.19. The fraction of sp³-hybridized carbons (Fsp3) is 0.636. The SMILES string of the molecule is Cc1nn(C(C)C)c(C)c1NC(=O)[C@H](C)N. The first kappa shape index (κ1) is 12.7. The standard InChI is InChI=1S/C11H20N4O/c1-6(2)15-9(5)10(8(4)14-15)13-11(16)7(3)12/h6-7H,12H2,1-5H3,(H,13,16)/t7-/m0/s1. The smallest absolute Gasteiger partial charge is 0.241 e. The zero-order chi connectivity index (χ0) is 12.5. The van der Waals surface area contributed by atoms with Gasteiger partial charge in [0.05, 0.1) is 23.1 Å². The Balaban J connectivity index is 3.01. The Kier molecular flexibility index (Phi) is 3.70. The Morgan fingerprint density at radius 2 is 1.94 bits per heavy atom. The van der Waals surface area contributed by atoms with Crippen molar-refractivity contribution in [1.82, 2.24) is 9.78 Å². The van der Waals surface area contributed by atoms with Gasteiger partial charge in [0.15, 0.2) is 0 Å². The summed E-state index contributed by atoms with van der Waals surface area (Å²) >= 11 is 0. The highest BCUT2D eigenvalue weighted by Crippen LogP contribution is 2.22. The van der Waals surface area contributed by atoms with Crippen LogP contribution >= 0.6 is 0 Å². The van der Waals surface area contributed by atoms with Gasteiger partial charge >= 0.3 is 0 Å². The van der Waals surface area contributed by atoms with Gasteiger partial charge in [-0.15, -0.1) is 0 Å². The van der Waals surface area contributed by atoms with Gasteiger partial charge in [-0.05, 0) is 34.6 Å². The number of nitrogens with one attached hydrogen (secondary N) is 1. The van der Waals surface area contributed by atoms with Gasteiger partial charge in [0.25, 0.3) is 0 Å². The van der Waals surface area contributed by atoms with Crippen molar-refractivity contribution in [2.75, 3.05) is 5.32 Å². The zero-order valence-corrected chi connectivity index (χ0v) is 10.5. The van der Waals surface area contributed by atoms with Crippen LogP contribution in [0.25, 0.3) is 0 Å². The molecule has 90 valence electrons. The average molecular weight is 224 g/mol. The van der Waals surface area contributed by atoms with Gasteiger partial charge < -0.3 is 11.1 Å². The normalized spacial score (nSPS) is 12.9. The van der Waals surface area contributed by atoms with Crippen LogP contribution in [-0.4, -0.2) is 21.7 Å². The van der Waals surface area contributed by atoms with Gasteiger partial charge in [0.1, 0.15) is 0 Å². The average Bonchev–Trinajstić information content (AvgIpc) is 2.45. The molecule has 0 bridgehead atoms. The summed E-state index contributed by atoms with van der Waals surface area (Å²) in [4.78, 5) is 11.5. The summed E-state index contributed by atoms with van der Waals surface area (Å²) in [5.41, 5.74) is 8.06. The number of aryl methyl sites for hydroxylation is 1. The van der Waals surface area contributed by atoms with Crippen molar-refractivity contribution in [1.29, 1.82) is 0 Å². The van der Waals surface area contributed by atoms with Crippen LogP contribution in [0.3, 0.4) is 0 Å². The number of aromatic nitrogens is 2. The highest BCUT2D eigenvalue weighted by molar-refractivity contribution is 5.95. The van der Waals surface area contributed by atoms with E-state index in [4.69, 9.17) is 5.73 Å². The Morgan fingerprint density at radius 1 is 1.38 bits per heavy atom. The molecule has 0 saturated carbocycles. The van der Waals surface area contributed by atoms with Crippen molar-refractivity contribution in [3.8, 4) is 0 Å². The van der Waals surface area contributed by atoms with E-state index in [-0.39, 0.29) is 11.9 Å². The Labute approximate surface area is 96.0 Å². The number of carbonyl (C=O) groups is 1. The Hall–Kier alpha value is -1.36. The van der Waals surface area contributed by atoms with Crippen LogP contribution in [-0.2, 0) is 4.79 Å². The monoisotopic (exact) mass is 224 g/mol. The van der Waals surface area contributed by atoms with Crippen LogP contribution in [0.5, 0.6) is 0 Å². The fourth-order valence-electron chi connectivity index (χ4n) is 1.58. The Bertz CT molecular complexity index is 393. The number of anilines is 1. The van der Waals surface area contributed by atoms with E-state index in [9.17, 15) is 4.79 Å². The van der Waals surface area contributed by atoms with E-state index in [0.717, 1.165) is 17.1 Å². The predicted molar refractivity (Wildman–Crippen MR) is 64.4 cm³/mol. The minimum Gasteiger partial charge on any atom is -0.322 e. The highest BCUT2D eigenvalue weighted by Gasteiger charge is 2.16. The second kappa shape index (κ2) is 4.65. The number of carbonyl (C=O) groups excluding carboxylic acids is 1. The molecule has 1 rings (SSSR count). The molecule has 16 heavy (non-hydrogen) atoms. The van der Waals surface area contributed by atoms with Crippen LogP contribution in [0.2, 0.25) is 0 Å². The lowest BCUT2D eigenvalue weighted by Crippen LogP contribution is -2.32. The van der Waals surface area contributed by atoms with Gasteiger partial charge in [-0.2, -0.15) is 5.10 Å². The van der Waals surface area contributed by atoms with Gasteiger partial charge in [-0.3, -0.25) is 9.48 Å². The maximum absolute atomic E-state index is 11.5. The molecule has 1 heterocycles. The molecule has 0 unspecified atom stereocenters. The zero-order valence-electron chi connectivity index (χ0n) is 10.5. The largest absolute Gasteiger partial charge is 0.322 e. The Morgan fingerprint density at radius 3 is 2.31 bits per heavy atom. The molecule has 0 spiro atoms. The molecule has 1 aromatic rings. The molecule has 1 amide bonds. The molecule has 3 N–H and O–H groups in total. The van der Waals surface area contributed by atoms with Crippen molar-refractivity contribution >= 4 is 11.6 Å². The van der Waals surface area contributed by atoms with Crippen molar-refractivity contribution in [3.05, 3.63) is 11.4 Å². The van der Waals surface area contributed by atoms with E-state index in [2.05, 4.69) is 24.3 Å². The first-order chi connectivity index (χ1) is 7.34. The molecule has 5 heteroatoms. The molecule has 0 fully saturated rings. The fourth-order valence-corrected chi connectivity index (χ4v) is 1.58. The van der Waals surface area contributed by atoms with Crippen molar-refractivity contribution in [2.24, 2.45) is 5.73 Å². The van der Waals surface area contributed by atoms with Crippen molar-refractivity contribution in [2.45, 2.75) is 46.7 Å². The molecular weight excluding hydrogens is 204 g/mol. The summed E-state index contributed by atoms with van der Waals surface area (Å²) in [6, 6.07) is -0.235. The molecule has 0 saturated heterocycles. The molecule has 0 aliphatic rings. The van der Waals surface area contributed by atoms with Crippen LogP contribution in [0, 0.1) is 13.8 Å². The van der Waals surface area contributed by atoms with E-state index in [1.807, 2.05) is 18.5 Å². The van der Waals surface area contributed by atoms with Gasteiger partial charge in [0, 0.05) is 6.04 Å². The van der Waals surface area contributed by atoms with Crippen LogP contribution < -0.4 is 11.1 Å². The number of hydrogen-bond acceptors (Lipinski definition) is 3. The van der Waals surface area contributed by atoms with E-state index >= 15 is 0 Å². The third-order valence-electron chi connectivity index (χ3n) is 2.48. The summed E-state index contributed by atoms with van der Waals surface area (Å²) in [5.74, 6) is -0.186. The lowest BCUT2D eigenvalue weighted by Gasteiger charge is -2.10. The third kappa shape index (κ3) is 2.41. The predicted octanol–water partition coefficient (Wildman–Crippen LogP) is 1.37. The number of nitrogens with zero attached hydrogens (tertiary/aromatic N) is 2. The summed E-state index contributed by atoms with van der Waals surface area (Å²) in [6.45, 7) is 9.58. The molecule has 0 radical (unpaired) electrons. The minimum atomic E-state index is -0.513. The number of nitrogens with two attached hydrogens (primary N) is 1. The highest BCUT2D eigenvalue weighted by atomic mass is 16.2. The van der Waals surface area contributed by atoms with Crippen LogP contribution in [0.4, 0.5) is 5.69 Å². The van der Waals surface area contributed by atoms with E-state index in [1.165, 1.54) is 0 Å². The van der Waals surface area contributed by atoms with Crippen molar-refractivity contribution < 1.29 is 4.79 Å². The van der Waals surface area contributed by atoms with E-state index in [0.29, 0.717) is 0 Å². The molecule has 1 aromatic heterocycles. The summed E-state index contributed by atoms with van der Waals surface area (Å²) < 4.78 is 1.89. The lowest BCUT2D eigenvalue weighted by molar-refractivity contribution is -0.117. The van der Waals surface area contributed by atoms with Crippen LogP contribution in [0.1, 0.15) is 38.2 Å². The number of hydrogen-bond donors (Lipinski definition) is 2. The quantitative estimate of drug-likeness (QED) is 0.814. The topological polar surface area (TPSA) is 72.9 Å². The summed E-state index contributed by atoms with van der Waals surface area (Å²) in [7, 11) is 0. The second-order valence-electron chi connectivity index (χ2n) is 4.36. The minimum absolute atomic E-state index is 0.186. The van der Waals surface area contributed by atoms with Gasteiger partial charge in [-0.1, -0.05) is 0 Å².